The molecule has 3 heteroatoms. The van der Waals surface area contributed by atoms with Crippen LogP contribution in [0.3, 0.4) is 0 Å². The second-order valence-electron chi connectivity index (χ2n) is 2.28. The number of ether oxygens (including phenoxy) is 2. The molecule has 0 unspecified atom stereocenters. The van der Waals surface area contributed by atoms with Crippen molar-refractivity contribution < 1.29 is 14.3 Å². The fourth-order valence-electron chi connectivity index (χ4n) is 0.902. The van der Waals surface area contributed by atoms with Gasteiger partial charge in [-0.15, -0.1) is 0 Å². The third-order valence-electron chi connectivity index (χ3n) is 1.41. The lowest BCUT2D eigenvalue weighted by Gasteiger charge is -2.12. The maximum atomic E-state index is 11.0. The van der Waals surface area contributed by atoms with Crippen LogP contribution in [0.25, 0.3) is 0 Å². The highest BCUT2D eigenvalue weighted by atomic mass is 16.6. The Bertz CT molecular complexity index is 172. The van der Waals surface area contributed by atoms with Gasteiger partial charge in [-0.25, -0.2) is 4.79 Å². The van der Waals surface area contributed by atoms with E-state index in [4.69, 9.17) is 9.47 Å². The second-order valence-corrected chi connectivity index (χ2v) is 2.28. The quantitative estimate of drug-likeness (QED) is 0.564. The van der Waals surface area contributed by atoms with Gasteiger partial charge in [-0.2, -0.15) is 0 Å². The summed E-state index contributed by atoms with van der Waals surface area (Å²) in [4.78, 5) is 11.0. The topological polar surface area (TPSA) is 35.5 Å². The molecule has 0 aromatic heterocycles. The van der Waals surface area contributed by atoms with E-state index in [-0.39, 0.29) is 5.97 Å². The van der Waals surface area contributed by atoms with Gasteiger partial charge in [-0.05, 0) is 25.8 Å². The molecule has 0 bridgehead atoms. The molecule has 0 amide bonds. The lowest BCUT2D eigenvalue weighted by atomic mass is 10.2. The van der Waals surface area contributed by atoms with Crippen LogP contribution in [0, 0.1) is 0 Å². The first-order chi connectivity index (χ1) is 5.34. The van der Waals surface area contributed by atoms with Gasteiger partial charge in [-0.3, -0.25) is 0 Å². The highest BCUT2D eigenvalue weighted by molar-refractivity contribution is 5.86. The summed E-state index contributed by atoms with van der Waals surface area (Å²) in [7, 11) is 0. The van der Waals surface area contributed by atoms with Gasteiger partial charge < -0.3 is 9.47 Å². The van der Waals surface area contributed by atoms with Crippen LogP contribution in [0.1, 0.15) is 19.8 Å². The summed E-state index contributed by atoms with van der Waals surface area (Å²) in [6.07, 6.45) is 3.68. The van der Waals surface area contributed by atoms with E-state index in [1.54, 1.807) is 13.0 Å². The highest BCUT2D eigenvalue weighted by Crippen LogP contribution is 2.10. The predicted octanol–water partition coefficient (Wildman–Crippen LogP) is 1.24. The Morgan fingerprint density at radius 1 is 1.82 bits per heavy atom. The minimum atomic E-state index is -0.341. The predicted molar refractivity (Wildman–Crippen MR) is 39.9 cm³/mol. The number of carbonyl (C=O) groups excluding carboxylic acids is 1. The molecule has 1 rings (SSSR count). The molecule has 0 saturated heterocycles. The van der Waals surface area contributed by atoms with Crippen molar-refractivity contribution in [2.24, 2.45) is 0 Å². The zero-order chi connectivity index (χ0) is 8.10. The van der Waals surface area contributed by atoms with Crippen molar-refractivity contribution in [2.45, 2.75) is 19.8 Å². The molecule has 0 radical (unpaired) electrons. The van der Waals surface area contributed by atoms with Crippen LogP contribution in [0.2, 0.25) is 0 Å². The summed E-state index contributed by atoms with van der Waals surface area (Å²) in [5, 5.41) is 0. The third-order valence-corrected chi connectivity index (χ3v) is 1.41. The van der Waals surface area contributed by atoms with Crippen LogP contribution in [0.4, 0.5) is 0 Å². The van der Waals surface area contributed by atoms with Crippen LogP contribution in [0.15, 0.2) is 11.8 Å². The Balaban J connectivity index is 2.44. The SMILES string of the molecule is CCOC(=O)C1=CCCCO1. The molecule has 0 aromatic carbocycles. The van der Waals surface area contributed by atoms with Crippen molar-refractivity contribution in [3.8, 4) is 0 Å². The van der Waals surface area contributed by atoms with E-state index in [0.29, 0.717) is 19.0 Å². The molecule has 1 aliphatic heterocycles. The maximum Gasteiger partial charge on any atom is 0.373 e. The molecule has 0 spiro atoms. The molecule has 1 heterocycles. The molecule has 0 N–H and O–H groups in total. The van der Waals surface area contributed by atoms with Crippen LogP contribution in [-0.4, -0.2) is 19.2 Å². The van der Waals surface area contributed by atoms with Crippen molar-refractivity contribution in [2.75, 3.05) is 13.2 Å². The van der Waals surface area contributed by atoms with E-state index in [9.17, 15) is 4.79 Å². The Morgan fingerprint density at radius 3 is 3.18 bits per heavy atom. The standard InChI is InChI=1S/C8H12O3/c1-2-10-8(9)7-5-3-4-6-11-7/h5H,2-4,6H2,1H3. The molecule has 0 fully saturated rings. The minimum Gasteiger partial charge on any atom is -0.487 e. The van der Waals surface area contributed by atoms with E-state index < -0.39 is 0 Å². The van der Waals surface area contributed by atoms with E-state index >= 15 is 0 Å². The zero-order valence-corrected chi connectivity index (χ0v) is 6.63. The molecular weight excluding hydrogens is 144 g/mol. The summed E-state index contributed by atoms with van der Waals surface area (Å²) in [5.74, 6) is 0.0327. The van der Waals surface area contributed by atoms with Crippen LogP contribution in [0.5, 0.6) is 0 Å². The molecule has 0 atom stereocenters. The van der Waals surface area contributed by atoms with Crippen LogP contribution < -0.4 is 0 Å². The fraction of sp³-hybridized carbons (Fsp3) is 0.625. The van der Waals surface area contributed by atoms with Gasteiger partial charge in [0.25, 0.3) is 0 Å². The first-order valence-corrected chi connectivity index (χ1v) is 3.84. The van der Waals surface area contributed by atoms with Crippen molar-refractivity contribution in [1.82, 2.24) is 0 Å². The van der Waals surface area contributed by atoms with Gasteiger partial charge in [0.15, 0.2) is 0 Å². The van der Waals surface area contributed by atoms with E-state index in [0.717, 1.165) is 12.8 Å². The Hall–Kier alpha value is -0.990. The van der Waals surface area contributed by atoms with E-state index in [1.807, 2.05) is 0 Å². The van der Waals surface area contributed by atoms with Crippen molar-refractivity contribution in [3.05, 3.63) is 11.8 Å². The molecular formula is C8H12O3. The summed E-state index contributed by atoms with van der Waals surface area (Å²) in [6, 6.07) is 0. The van der Waals surface area contributed by atoms with Gasteiger partial charge in [0.1, 0.15) is 0 Å². The van der Waals surface area contributed by atoms with Crippen LogP contribution in [-0.2, 0) is 14.3 Å². The van der Waals surface area contributed by atoms with Gasteiger partial charge in [0.2, 0.25) is 5.76 Å². The molecule has 1 aliphatic rings. The summed E-state index contributed by atoms with van der Waals surface area (Å²) in [5.41, 5.74) is 0. The number of allylic oxidation sites excluding steroid dienone is 1. The summed E-state index contributed by atoms with van der Waals surface area (Å²) >= 11 is 0. The zero-order valence-electron chi connectivity index (χ0n) is 6.63. The van der Waals surface area contributed by atoms with Gasteiger partial charge >= 0.3 is 5.97 Å². The second kappa shape index (κ2) is 4.01. The van der Waals surface area contributed by atoms with Crippen molar-refractivity contribution in [1.29, 1.82) is 0 Å². The van der Waals surface area contributed by atoms with Crippen LogP contribution >= 0.6 is 0 Å². The van der Waals surface area contributed by atoms with E-state index in [1.165, 1.54) is 0 Å². The Kier molecular flexibility index (Phi) is 2.95. The minimum absolute atomic E-state index is 0.341. The maximum absolute atomic E-state index is 11.0. The average Bonchev–Trinajstić information content (AvgIpc) is 2.07. The highest BCUT2D eigenvalue weighted by Gasteiger charge is 2.13. The Labute approximate surface area is 66.0 Å². The summed E-state index contributed by atoms with van der Waals surface area (Å²) < 4.78 is 9.83. The van der Waals surface area contributed by atoms with Gasteiger partial charge in [0.05, 0.1) is 13.2 Å². The number of hydrogen-bond donors (Lipinski definition) is 0. The number of rotatable bonds is 2. The lowest BCUT2D eigenvalue weighted by Crippen LogP contribution is -2.13. The monoisotopic (exact) mass is 156 g/mol. The van der Waals surface area contributed by atoms with Crippen molar-refractivity contribution >= 4 is 5.97 Å². The Morgan fingerprint density at radius 2 is 2.64 bits per heavy atom. The first kappa shape index (κ1) is 8.11. The van der Waals surface area contributed by atoms with Crippen molar-refractivity contribution in [3.63, 3.8) is 0 Å². The molecule has 11 heavy (non-hydrogen) atoms. The largest absolute Gasteiger partial charge is 0.487 e. The van der Waals surface area contributed by atoms with E-state index in [2.05, 4.69) is 0 Å². The number of hydrogen-bond acceptors (Lipinski definition) is 3. The fourth-order valence-corrected chi connectivity index (χ4v) is 0.902. The van der Waals surface area contributed by atoms with Gasteiger partial charge in [0, 0.05) is 0 Å². The smallest absolute Gasteiger partial charge is 0.373 e. The lowest BCUT2D eigenvalue weighted by molar-refractivity contribution is -0.142. The third kappa shape index (κ3) is 2.26. The van der Waals surface area contributed by atoms with Gasteiger partial charge in [-0.1, -0.05) is 0 Å². The molecule has 3 nitrogen and oxygen atoms in total. The summed E-state index contributed by atoms with van der Waals surface area (Å²) in [6.45, 7) is 2.81. The molecule has 0 aromatic rings. The molecule has 0 saturated carbocycles. The number of carbonyl (C=O) groups is 1. The first-order valence-electron chi connectivity index (χ1n) is 3.84. The molecule has 62 valence electrons. The molecule has 0 aliphatic carbocycles. The number of esters is 1. The normalized spacial score (nSPS) is 16.6. The average molecular weight is 156 g/mol.